The molecule has 0 unspecified atom stereocenters. The number of nitrogens with zero attached hydrogens (tertiary/aromatic N) is 1. The van der Waals surface area contributed by atoms with E-state index in [2.05, 4.69) is 0 Å². The molecule has 1 aromatic carbocycles. The van der Waals surface area contributed by atoms with Crippen LogP contribution in [0.3, 0.4) is 0 Å². The number of rotatable bonds is 3. The molecule has 0 spiro atoms. The van der Waals surface area contributed by atoms with Crippen LogP contribution in [0.15, 0.2) is 36.4 Å². The lowest BCUT2D eigenvalue weighted by Crippen LogP contribution is -1.70. The Balaban J connectivity index is 2.43. The lowest BCUT2D eigenvalue weighted by molar-refractivity contribution is 1.57. The van der Waals surface area contributed by atoms with Gasteiger partial charge in [-0.25, -0.2) is 0 Å². The van der Waals surface area contributed by atoms with Crippen molar-refractivity contribution in [3.05, 3.63) is 42.0 Å². The van der Waals surface area contributed by atoms with Crippen molar-refractivity contribution in [1.29, 1.82) is 5.26 Å². The minimum absolute atomic E-state index is 0.755. The molecular weight excluding hydrogens is 166 g/mol. The Hall–Kier alpha value is -1.20. The zero-order valence-corrected chi connectivity index (χ0v) is 7.42. The van der Waals surface area contributed by atoms with Crippen LogP contribution >= 0.6 is 11.8 Å². The third-order valence-electron chi connectivity index (χ3n) is 1.35. The highest BCUT2D eigenvalue weighted by Gasteiger charge is 1.82. The van der Waals surface area contributed by atoms with E-state index in [0.29, 0.717) is 0 Å². The average Bonchev–Trinajstić information content (AvgIpc) is 2.14. The molecular formula is C10H9NS. The zero-order chi connectivity index (χ0) is 8.65. The van der Waals surface area contributed by atoms with Crippen molar-refractivity contribution in [2.24, 2.45) is 0 Å². The van der Waals surface area contributed by atoms with Gasteiger partial charge in [0.2, 0.25) is 0 Å². The van der Waals surface area contributed by atoms with Crippen molar-refractivity contribution in [2.75, 3.05) is 5.75 Å². The molecule has 0 heterocycles. The number of hydrogen-bond acceptors (Lipinski definition) is 2. The Labute approximate surface area is 76.7 Å². The summed E-state index contributed by atoms with van der Waals surface area (Å²) in [6.07, 6.45) is 4.01. The Morgan fingerprint density at radius 2 is 2.08 bits per heavy atom. The summed E-state index contributed by atoms with van der Waals surface area (Å²) in [5.41, 5.74) is 1.18. The molecule has 0 saturated heterocycles. The number of nitriles is 1. The average molecular weight is 175 g/mol. The van der Waals surface area contributed by atoms with Crippen molar-refractivity contribution < 1.29 is 0 Å². The molecule has 1 aromatic rings. The summed E-state index contributed by atoms with van der Waals surface area (Å²) in [6, 6.07) is 10.1. The molecule has 1 rings (SSSR count). The molecule has 1 nitrogen and oxygen atoms in total. The van der Waals surface area contributed by atoms with Crippen LogP contribution in [0.5, 0.6) is 0 Å². The maximum Gasteiger partial charge on any atom is 0.133 e. The molecule has 0 aliphatic heterocycles. The fourth-order valence-electron chi connectivity index (χ4n) is 0.834. The van der Waals surface area contributed by atoms with Gasteiger partial charge < -0.3 is 0 Å². The molecule has 0 bridgehead atoms. The van der Waals surface area contributed by atoms with Crippen LogP contribution in [0.1, 0.15) is 5.56 Å². The second kappa shape index (κ2) is 5.45. The summed E-state index contributed by atoms with van der Waals surface area (Å²) in [7, 11) is 0. The lowest BCUT2D eigenvalue weighted by atomic mass is 10.2. The quantitative estimate of drug-likeness (QED) is 0.521. The molecule has 0 fully saturated rings. The van der Waals surface area contributed by atoms with Gasteiger partial charge in [0.05, 0.1) is 0 Å². The molecule has 0 amide bonds. The van der Waals surface area contributed by atoms with Gasteiger partial charge in [-0.05, 0) is 17.3 Å². The molecule has 0 atom stereocenters. The number of hydrogen-bond donors (Lipinski definition) is 0. The largest absolute Gasteiger partial charge is 0.185 e. The Morgan fingerprint density at radius 3 is 2.75 bits per heavy atom. The smallest absolute Gasteiger partial charge is 0.133 e. The first kappa shape index (κ1) is 8.89. The number of thioether (sulfide) groups is 1. The topological polar surface area (TPSA) is 23.8 Å². The van der Waals surface area contributed by atoms with Gasteiger partial charge in [-0.1, -0.05) is 42.5 Å². The standard InChI is InChI=1S/C10H9NS/c11-9-12-8-4-7-10-5-2-1-3-6-10/h1-7H,8H2/b7-4+. The van der Waals surface area contributed by atoms with Crippen molar-refractivity contribution in [3.63, 3.8) is 0 Å². The third-order valence-corrected chi connectivity index (χ3v) is 1.84. The second-order valence-corrected chi connectivity index (χ2v) is 3.02. The van der Waals surface area contributed by atoms with Gasteiger partial charge in [0, 0.05) is 5.75 Å². The van der Waals surface area contributed by atoms with E-state index in [-0.39, 0.29) is 0 Å². The van der Waals surface area contributed by atoms with Crippen LogP contribution in [0.2, 0.25) is 0 Å². The lowest BCUT2D eigenvalue weighted by Gasteiger charge is -1.89. The molecule has 2 heteroatoms. The second-order valence-electron chi connectivity index (χ2n) is 2.22. The molecule has 0 aromatic heterocycles. The number of benzene rings is 1. The highest BCUT2D eigenvalue weighted by molar-refractivity contribution is 8.03. The zero-order valence-electron chi connectivity index (χ0n) is 6.60. The Kier molecular flexibility index (Phi) is 4.04. The number of thiocyanates is 1. The van der Waals surface area contributed by atoms with E-state index in [0.717, 1.165) is 5.75 Å². The minimum atomic E-state index is 0.755. The molecule has 60 valence electrons. The first-order valence-electron chi connectivity index (χ1n) is 3.66. The Bertz CT molecular complexity index is 284. The van der Waals surface area contributed by atoms with Crippen molar-refractivity contribution in [3.8, 4) is 5.40 Å². The van der Waals surface area contributed by atoms with Crippen LogP contribution in [0.4, 0.5) is 0 Å². The van der Waals surface area contributed by atoms with Crippen LogP contribution < -0.4 is 0 Å². The van der Waals surface area contributed by atoms with Crippen LogP contribution in [0.25, 0.3) is 6.08 Å². The normalized spacial score (nSPS) is 9.92. The van der Waals surface area contributed by atoms with Gasteiger partial charge >= 0.3 is 0 Å². The summed E-state index contributed by atoms with van der Waals surface area (Å²) in [6.45, 7) is 0. The minimum Gasteiger partial charge on any atom is -0.185 e. The summed E-state index contributed by atoms with van der Waals surface area (Å²) in [5, 5.41) is 10.3. The molecule has 0 saturated carbocycles. The summed E-state index contributed by atoms with van der Waals surface area (Å²) in [4.78, 5) is 0. The van der Waals surface area contributed by atoms with E-state index < -0.39 is 0 Å². The first-order chi connectivity index (χ1) is 5.93. The van der Waals surface area contributed by atoms with Crippen molar-refractivity contribution in [2.45, 2.75) is 0 Å². The van der Waals surface area contributed by atoms with Gasteiger partial charge in [0.25, 0.3) is 0 Å². The molecule has 12 heavy (non-hydrogen) atoms. The van der Waals surface area contributed by atoms with E-state index in [1.807, 2.05) is 47.9 Å². The van der Waals surface area contributed by atoms with Crippen molar-refractivity contribution in [1.82, 2.24) is 0 Å². The van der Waals surface area contributed by atoms with Gasteiger partial charge in [-0.15, -0.1) is 0 Å². The Morgan fingerprint density at radius 1 is 1.33 bits per heavy atom. The summed E-state index contributed by atoms with van der Waals surface area (Å²) >= 11 is 1.25. The van der Waals surface area contributed by atoms with E-state index in [1.165, 1.54) is 17.3 Å². The van der Waals surface area contributed by atoms with E-state index in [1.54, 1.807) is 0 Å². The maximum atomic E-state index is 8.24. The van der Waals surface area contributed by atoms with E-state index >= 15 is 0 Å². The van der Waals surface area contributed by atoms with Gasteiger partial charge in [-0.3, -0.25) is 0 Å². The predicted molar refractivity (Wildman–Crippen MR) is 53.5 cm³/mol. The molecule has 0 aliphatic rings. The van der Waals surface area contributed by atoms with Gasteiger partial charge in [0.15, 0.2) is 0 Å². The van der Waals surface area contributed by atoms with Gasteiger partial charge in [-0.2, -0.15) is 5.26 Å². The van der Waals surface area contributed by atoms with Crippen LogP contribution in [-0.2, 0) is 0 Å². The summed E-state index contributed by atoms with van der Waals surface area (Å²) < 4.78 is 0. The van der Waals surface area contributed by atoms with Crippen LogP contribution in [0, 0.1) is 10.7 Å². The summed E-state index contributed by atoms with van der Waals surface area (Å²) in [5.74, 6) is 0.755. The SMILES string of the molecule is N#CSC/C=C/c1ccccc1. The third kappa shape index (κ3) is 3.27. The van der Waals surface area contributed by atoms with Gasteiger partial charge in [0.1, 0.15) is 5.40 Å². The molecule has 0 N–H and O–H groups in total. The fourth-order valence-corrected chi connectivity index (χ4v) is 1.10. The van der Waals surface area contributed by atoms with E-state index in [9.17, 15) is 0 Å². The highest BCUT2D eigenvalue weighted by atomic mass is 32.2. The van der Waals surface area contributed by atoms with Crippen LogP contribution in [-0.4, -0.2) is 5.75 Å². The maximum absolute atomic E-state index is 8.24. The molecule has 0 radical (unpaired) electrons. The first-order valence-corrected chi connectivity index (χ1v) is 4.64. The van der Waals surface area contributed by atoms with E-state index in [4.69, 9.17) is 5.26 Å². The molecule has 0 aliphatic carbocycles. The highest BCUT2D eigenvalue weighted by Crippen LogP contribution is 2.03. The monoisotopic (exact) mass is 175 g/mol. The fraction of sp³-hybridized carbons (Fsp3) is 0.100. The predicted octanol–water partition coefficient (Wildman–Crippen LogP) is 2.91. The van der Waals surface area contributed by atoms with Crippen molar-refractivity contribution >= 4 is 17.8 Å².